The highest BCUT2D eigenvalue weighted by Crippen LogP contribution is 2.01. The molecule has 1 rings (SSSR count). The molecule has 4 heteroatoms. The number of hydrogen-bond acceptors (Lipinski definition) is 3. The average Bonchev–Trinajstić information content (AvgIpc) is 2.48. The van der Waals surface area contributed by atoms with Crippen molar-refractivity contribution in [1.29, 1.82) is 0 Å². The van der Waals surface area contributed by atoms with E-state index in [9.17, 15) is 0 Å². The summed E-state index contributed by atoms with van der Waals surface area (Å²) in [6.45, 7) is 5.36. The highest BCUT2D eigenvalue weighted by Gasteiger charge is 2.03. The molecule has 0 saturated heterocycles. The molecular weight excluding hydrogens is 164 g/mol. The van der Waals surface area contributed by atoms with E-state index in [-0.39, 0.29) is 0 Å². The number of rotatable bonds is 5. The minimum absolute atomic E-state index is 0.569. The predicted octanol–water partition coefficient (Wildman–Crippen LogP) is 0.746. The third-order valence-electron chi connectivity index (χ3n) is 2.19. The molecule has 1 aromatic heterocycles. The topological polar surface area (TPSA) is 42.7 Å². The Morgan fingerprint density at radius 1 is 1.62 bits per heavy atom. The molecule has 13 heavy (non-hydrogen) atoms. The third-order valence-corrected chi connectivity index (χ3v) is 2.19. The second-order valence-corrected chi connectivity index (χ2v) is 3.35. The Balaban J connectivity index is 2.30. The van der Waals surface area contributed by atoms with Gasteiger partial charge >= 0.3 is 0 Å². The molecule has 4 nitrogen and oxygen atoms in total. The van der Waals surface area contributed by atoms with E-state index < -0.39 is 0 Å². The van der Waals surface area contributed by atoms with Crippen LogP contribution in [0.5, 0.6) is 0 Å². The highest BCUT2D eigenvalue weighted by molar-refractivity contribution is 4.93. The van der Waals surface area contributed by atoms with Crippen LogP contribution in [0.2, 0.25) is 0 Å². The van der Waals surface area contributed by atoms with Crippen molar-refractivity contribution in [1.82, 2.24) is 20.3 Å². The number of aryl methyl sites for hydroxylation is 2. The normalized spacial score (nSPS) is 13.2. The summed E-state index contributed by atoms with van der Waals surface area (Å²) in [6, 6.07) is 0.569. The number of hydrogen-bond donors (Lipinski definition) is 1. The Bertz CT molecular complexity index is 244. The molecule has 0 aromatic carbocycles. The molecule has 74 valence electrons. The number of nitrogens with one attached hydrogen (secondary N) is 1. The Morgan fingerprint density at radius 2 is 2.38 bits per heavy atom. The van der Waals surface area contributed by atoms with Crippen LogP contribution in [0.4, 0.5) is 0 Å². The van der Waals surface area contributed by atoms with Crippen molar-refractivity contribution in [2.24, 2.45) is 7.05 Å². The van der Waals surface area contributed by atoms with Crippen molar-refractivity contribution in [2.45, 2.75) is 32.7 Å². The van der Waals surface area contributed by atoms with E-state index in [0.29, 0.717) is 6.04 Å². The first-order valence-electron chi connectivity index (χ1n) is 4.81. The van der Waals surface area contributed by atoms with Crippen LogP contribution in [-0.4, -0.2) is 27.6 Å². The van der Waals surface area contributed by atoms with Crippen LogP contribution in [0.15, 0.2) is 6.20 Å². The Kier molecular flexibility index (Phi) is 3.89. The molecule has 1 atom stereocenters. The van der Waals surface area contributed by atoms with Gasteiger partial charge in [0.15, 0.2) is 0 Å². The van der Waals surface area contributed by atoms with Crippen LogP contribution < -0.4 is 5.32 Å². The van der Waals surface area contributed by atoms with Crippen molar-refractivity contribution < 1.29 is 0 Å². The molecular formula is C9H18N4. The fourth-order valence-corrected chi connectivity index (χ4v) is 1.35. The molecule has 1 heterocycles. The molecule has 0 aliphatic rings. The highest BCUT2D eigenvalue weighted by atomic mass is 15.4. The zero-order chi connectivity index (χ0) is 9.68. The van der Waals surface area contributed by atoms with E-state index >= 15 is 0 Å². The standard InChI is InChI=1S/C9H18N4/c1-4-10-8(2)5-6-9-7-11-12-13(9)3/h7-8,10H,4-6H2,1-3H3. The van der Waals surface area contributed by atoms with E-state index in [1.54, 1.807) is 0 Å². The van der Waals surface area contributed by atoms with Gasteiger partial charge in [-0.2, -0.15) is 0 Å². The van der Waals surface area contributed by atoms with Gasteiger partial charge in [0.2, 0.25) is 0 Å². The largest absolute Gasteiger partial charge is 0.315 e. The van der Waals surface area contributed by atoms with Gasteiger partial charge < -0.3 is 5.32 Å². The fraction of sp³-hybridized carbons (Fsp3) is 0.778. The zero-order valence-corrected chi connectivity index (χ0v) is 8.62. The van der Waals surface area contributed by atoms with Gasteiger partial charge in [-0.1, -0.05) is 12.1 Å². The van der Waals surface area contributed by atoms with Gasteiger partial charge in [0, 0.05) is 13.1 Å². The van der Waals surface area contributed by atoms with E-state index in [4.69, 9.17) is 0 Å². The summed E-state index contributed by atoms with van der Waals surface area (Å²) in [4.78, 5) is 0. The van der Waals surface area contributed by atoms with E-state index in [1.807, 2.05) is 17.9 Å². The molecule has 0 radical (unpaired) electrons. The van der Waals surface area contributed by atoms with Crippen LogP contribution in [0.25, 0.3) is 0 Å². The summed E-state index contributed by atoms with van der Waals surface area (Å²) < 4.78 is 1.83. The van der Waals surface area contributed by atoms with Gasteiger partial charge in [0.25, 0.3) is 0 Å². The number of nitrogens with zero attached hydrogens (tertiary/aromatic N) is 3. The molecule has 0 bridgehead atoms. The Morgan fingerprint density at radius 3 is 2.92 bits per heavy atom. The van der Waals surface area contributed by atoms with E-state index in [0.717, 1.165) is 19.4 Å². The van der Waals surface area contributed by atoms with Crippen LogP contribution in [0.3, 0.4) is 0 Å². The maximum atomic E-state index is 3.89. The van der Waals surface area contributed by atoms with Gasteiger partial charge in [-0.05, 0) is 26.3 Å². The quantitative estimate of drug-likeness (QED) is 0.730. The molecule has 0 fully saturated rings. The van der Waals surface area contributed by atoms with Crippen LogP contribution in [-0.2, 0) is 13.5 Å². The lowest BCUT2D eigenvalue weighted by atomic mass is 10.1. The summed E-state index contributed by atoms with van der Waals surface area (Å²) in [5.74, 6) is 0. The van der Waals surface area contributed by atoms with Crippen LogP contribution in [0, 0.1) is 0 Å². The van der Waals surface area contributed by atoms with Crippen molar-refractivity contribution in [3.05, 3.63) is 11.9 Å². The summed E-state index contributed by atoms with van der Waals surface area (Å²) in [7, 11) is 1.93. The molecule has 0 aliphatic carbocycles. The third kappa shape index (κ3) is 3.14. The van der Waals surface area contributed by atoms with Crippen LogP contribution >= 0.6 is 0 Å². The first-order chi connectivity index (χ1) is 6.24. The van der Waals surface area contributed by atoms with Gasteiger partial charge in [0.1, 0.15) is 0 Å². The van der Waals surface area contributed by atoms with Gasteiger partial charge in [-0.3, -0.25) is 4.68 Å². The lowest BCUT2D eigenvalue weighted by molar-refractivity contribution is 0.520. The first-order valence-corrected chi connectivity index (χ1v) is 4.81. The van der Waals surface area contributed by atoms with Gasteiger partial charge in [0.05, 0.1) is 11.9 Å². The number of aromatic nitrogens is 3. The van der Waals surface area contributed by atoms with Crippen molar-refractivity contribution in [2.75, 3.05) is 6.54 Å². The zero-order valence-electron chi connectivity index (χ0n) is 8.62. The van der Waals surface area contributed by atoms with E-state index in [2.05, 4.69) is 29.5 Å². The maximum absolute atomic E-state index is 3.89. The van der Waals surface area contributed by atoms with Crippen LogP contribution in [0.1, 0.15) is 26.0 Å². The Labute approximate surface area is 79.3 Å². The first kappa shape index (κ1) is 10.2. The minimum atomic E-state index is 0.569. The Hall–Kier alpha value is -0.900. The molecule has 1 unspecified atom stereocenters. The molecule has 1 aromatic rings. The summed E-state index contributed by atoms with van der Waals surface area (Å²) >= 11 is 0. The second kappa shape index (κ2) is 4.97. The maximum Gasteiger partial charge on any atom is 0.0724 e. The second-order valence-electron chi connectivity index (χ2n) is 3.35. The summed E-state index contributed by atoms with van der Waals surface area (Å²) in [5, 5.41) is 11.1. The summed E-state index contributed by atoms with van der Waals surface area (Å²) in [5.41, 5.74) is 1.20. The molecule has 1 N–H and O–H groups in total. The van der Waals surface area contributed by atoms with Gasteiger partial charge in [-0.25, -0.2) is 0 Å². The van der Waals surface area contributed by atoms with E-state index in [1.165, 1.54) is 5.69 Å². The monoisotopic (exact) mass is 182 g/mol. The summed E-state index contributed by atoms with van der Waals surface area (Å²) in [6.07, 6.45) is 4.01. The molecule has 0 amide bonds. The van der Waals surface area contributed by atoms with Crippen molar-refractivity contribution in [3.63, 3.8) is 0 Å². The fourth-order valence-electron chi connectivity index (χ4n) is 1.35. The molecule has 0 saturated carbocycles. The van der Waals surface area contributed by atoms with Crippen molar-refractivity contribution >= 4 is 0 Å². The lowest BCUT2D eigenvalue weighted by Crippen LogP contribution is -2.26. The van der Waals surface area contributed by atoms with Gasteiger partial charge in [-0.15, -0.1) is 5.10 Å². The molecule has 0 aliphatic heterocycles. The lowest BCUT2D eigenvalue weighted by Gasteiger charge is -2.11. The average molecular weight is 182 g/mol. The molecule has 0 spiro atoms. The SMILES string of the molecule is CCNC(C)CCc1cnnn1C. The van der Waals surface area contributed by atoms with Crippen molar-refractivity contribution in [3.8, 4) is 0 Å². The smallest absolute Gasteiger partial charge is 0.0724 e. The predicted molar refractivity (Wildman–Crippen MR) is 52.5 cm³/mol. The minimum Gasteiger partial charge on any atom is -0.315 e.